The predicted octanol–water partition coefficient (Wildman–Crippen LogP) is 10.2. The van der Waals surface area contributed by atoms with Gasteiger partial charge in [0.15, 0.2) is 6.10 Å². The van der Waals surface area contributed by atoms with Crippen molar-refractivity contribution < 1.29 is 52.5 Å². The van der Waals surface area contributed by atoms with Crippen LogP contribution in [0, 0.1) is 0 Å². The van der Waals surface area contributed by atoms with Gasteiger partial charge in [-0.05, 0) is 51.4 Å². The highest BCUT2D eigenvalue weighted by Crippen LogP contribution is 2.43. The summed E-state index contributed by atoms with van der Waals surface area (Å²) in [7, 11) is -4.62. The Kier molecular flexibility index (Phi) is 32.7. The molecule has 0 aromatic heterocycles. The van der Waals surface area contributed by atoms with Crippen LogP contribution in [-0.4, -0.2) is 77.9 Å². The second kappa shape index (κ2) is 34.9. The van der Waals surface area contributed by atoms with Gasteiger partial charge in [-0.25, -0.2) is 4.57 Å². The highest BCUT2D eigenvalue weighted by Gasteiger charge is 2.36. The molecule has 54 heavy (non-hydrogen) atoms. The van der Waals surface area contributed by atoms with E-state index >= 15 is 0 Å². The standard InChI is InChI=1S/C42H79O11P/c1-3-5-7-9-10-11-12-13-14-15-16-17-20-23-27-31-41(45)49-35-38(36-51-54(47,48)50-34-37(44)33-43)52-42(46)32-28-24-21-18-19-22-26-30-40-39(53-40)29-25-8-6-4-2/h13-14,37-40,43-44H,3-12,15-36H2,1-2H3,(H,47,48)/b14-13-. The Morgan fingerprint density at radius 1 is 0.630 bits per heavy atom. The Morgan fingerprint density at radius 3 is 1.61 bits per heavy atom. The number of carbonyl (C=O) groups excluding carboxylic acids is 2. The van der Waals surface area contributed by atoms with E-state index in [0.717, 1.165) is 57.8 Å². The van der Waals surface area contributed by atoms with Crippen LogP contribution in [0.1, 0.15) is 194 Å². The summed E-state index contributed by atoms with van der Waals surface area (Å²) in [5.74, 6) is -0.940. The van der Waals surface area contributed by atoms with Crippen LogP contribution in [0.25, 0.3) is 0 Å². The third kappa shape index (κ3) is 31.8. The Labute approximate surface area is 328 Å². The molecule has 0 aromatic carbocycles. The van der Waals surface area contributed by atoms with Gasteiger partial charge in [-0.3, -0.25) is 18.6 Å². The van der Waals surface area contributed by atoms with Crippen molar-refractivity contribution in [2.45, 2.75) is 218 Å². The van der Waals surface area contributed by atoms with Gasteiger partial charge in [0, 0.05) is 12.8 Å². The summed E-state index contributed by atoms with van der Waals surface area (Å²) in [6.07, 6.45) is 33.3. The largest absolute Gasteiger partial charge is 0.472 e. The van der Waals surface area contributed by atoms with Gasteiger partial charge in [-0.1, -0.05) is 142 Å². The van der Waals surface area contributed by atoms with E-state index in [2.05, 4.69) is 30.5 Å². The number of hydrogen-bond donors (Lipinski definition) is 3. The molecule has 0 amide bonds. The number of phosphoric acid groups is 1. The van der Waals surface area contributed by atoms with E-state index in [1.165, 1.54) is 96.3 Å². The van der Waals surface area contributed by atoms with Gasteiger partial charge in [0.1, 0.15) is 12.7 Å². The first-order chi connectivity index (χ1) is 26.2. The first kappa shape index (κ1) is 50.7. The van der Waals surface area contributed by atoms with Crippen LogP contribution in [0.15, 0.2) is 12.2 Å². The van der Waals surface area contributed by atoms with Crippen LogP contribution >= 0.6 is 7.82 Å². The normalized spacial score (nSPS) is 17.7. The van der Waals surface area contributed by atoms with Crippen molar-refractivity contribution in [3.8, 4) is 0 Å². The fourth-order valence-corrected chi connectivity index (χ4v) is 7.15. The summed E-state index contributed by atoms with van der Waals surface area (Å²) in [5.41, 5.74) is 0. The van der Waals surface area contributed by atoms with Gasteiger partial charge < -0.3 is 29.3 Å². The van der Waals surface area contributed by atoms with E-state index in [-0.39, 0.29) is 19.4 Å². The number of rotatable bonds is 40. The lowest BCUT2D eigenvalue weighted by atomic mass is 10.0. The van der Waals surface area contributed by atoms with E-state index in [1.54, 1.807) is 0 Å². The molecule has 12 heteroatoms. The van der Waals surface area contributed by atoms with E-state index in [1.807, 2.05) is 0 Å². The maximum absolute atomic E-state index is 12.6. The van der Waals surface area contributed by atoms with E-state index in [4.69, 9.17) is 23.8 Å². The van der Waals surface area contributed by atoms with E-state index in [0.29, 0.717) is 25.0 Å². The monoisotopic (exact) mass is 791 g/mol. The van der Waals surface area contributed by atoms with Crippen molar-refractivity contribution >= 4 is 19.8 Å². The minimum absolute atomic E-state index is 0.175. The molecule has 1 saturated heterocycles. The number of aliphatic hydroxyl groups is 2. The second-order valence-corrected chi connectivity index (χ2v) is 16.6. The lowest BCUT2D eigenvalue weighted by molar-refractivity contribution is -0.161. The Balaban J connectivity index is 2.24. The number of aliphatic hydroxyl groups excluding tert-OH is 2. The molecule has 0 aromatic rings. The lowest BCUT2D eigenvalue weighted by Crippen LogP contribution is -2.29. The molecule has 0 spiro atoms. The van der Waals surface area contributed by atoms with Crippen LogP contribution in [-0.2, 0) is 37.4 Å². The topological polar surface area (TPSA) is 161 Å². The molecule has 0 radical (unpaired) electrons. The molecule has 5 atom stereocenters. The van der Waals surface area contributed by atoms with E-state index in [9.17, 15) is 24.2 Å². The fourth-order valence-electron chi connectivity index (χ4n) is 6.36. The number of unbranched alkanes of at least 4 members (excludes halogenated alkanes) is 20. The van der Waals surface area contributed by atoms with Gasteiger partial charge in [-0.15, -0.1) is 0 Å². The van der Waals surface area contributed by atoms with Crippen molar-refractivity contribution in [2.24, 2.45) is 0 Å². The zero-order valence-corrected chi connectivity index (χ0v) is 35.0. The first-order valence-electron chi connectivity index (χ1n) is 21.8. The van der Waals surface area contributed by atoms with Gasteiger partial charge >= 0.3 is 19.8 Å². The van der Waals surface area contributed by atoms with Crippen molar-refractivity contribution in [1.82, 2.24) is 0 Å². The van der Waals surface area contributed by atoms with Crippen LogP contribution < -0.4 is 0 Å². The number of carbonyl (C=O) groups is 2. The molecule has 1 rings (SSSR count). The Bertz CT molecular complexity index is 978. The molecule has 3 N–H and O–H groups in total. The second-order valence-electron chi connectivity index (χ2n) is 15.1. The average Bonchev–Trinajstić information content (AvgIpc) is 3.92. The maximum Gasteiger partial charge on any atom is 0.472 e. The van der Waals surface area contributed by atoms with Crippen LogP contribution in [0.5, 0.6) is 0 Å². The highest BCUT2D eigenvalue weighted by molar-refractivity contribution is 7.47. The molecular weight excluding hydrogens is 711 g/mol. The number of hydrogen-bond acceptors (Lipinski definition) is 10. The molecular formula is C42H79O11P. The molecule has 0 aliphatic carbocycles. The molecule has 1 aliphatic rings. The summed E-state index contributed by atoms with van der Waals surface area (Å²) in [4.78, 5) is 35.0. The van der Waals surface area contributed by atoms with Crippen LogP contribution in [0.3, 0.4) is 0 Å². The third-order valence-corrected chi connectivity index (χ3v) is 10.8. The van der Waals surface area contributed by atoms with Crippen molar-refractivity contribution in [1.29, 1.82) is 0 Å². The highest BCUT2D eigenvalue weighted by atomic mass is 31.2. The number of allylic oxidation sites excluding steroid dienone is 2. The van der Waals surface area contributed by atoms with Gasteiger partial charge in [-0.2, -0.15) is 0 Å². The number of ether oxygens (including phenoxy) is 3. The van der Waals surface area contributed by atoms with Gasteiger partial charge in [0.25, 0.3) is 0 Å². The fraction of sp³-hybridized carbons (Fsp3) is 0.905. The molecule has 11 nitrogen and oxygen atoms in total. The summed E-state index contributed by atoms with van der Waals surface area (Å²) in [6.45, 7) is 2.35. The molecule has 1 heterocycles. The molecule has 0 saturated carbocycles. The Hall–Kier alpha value is -1.33. The van der Waals surface area contributed by atoms with Gasteiger partial charge in [0.2, 0.25) is 0 Å². The van der Waals surface area contributed by atoms with Crippen molar-refractivity contribution in [3.05, 3.63) is 12.2 Å². The quantitative estimate of drug-likeness (QED) is 0.0178. The van der Waals surface area contributed by atoms with Crippen molar-refractivity contribution in [3.63, 3.8) is 0 Å². The van der Waals surface area contributed by atoms with E-state index < -0.39 is 51.8 Å². The number of epoxide rings is 1. The third-order valence-electron chi connectivity index (χ3n) is 9.83. The summed E-state index contributed by atoms with van der Waals surface area (Å²) in [5, 5.41) is 18.3. The molecule has 318 valence electrons. The summed E-state index contributed by atoms with van der Waals surface area (Å²) in [6, 6.07) is 0. The van der Waals surface area contributed by atoms with Crippen LogP contribution in [0.4, 0.5) is 0 Å². The molecule has 1 fully saturated rings. The first-order valence-corrected chi connectivity index (χ1v) is 23.3. The minimum Gasteiger partial charge on any atom is -0.462 e. The zero-order valence-electron chi connectivity index (χ0n) is 34.1. The summed E-state index contributed by atoms with van der Waals surface area (Å²) >= 11 is 0. The predicted molar refractivity (Wildman–Crippen MR) is 214 cm³/mol. The smallest absolute Gasteiger partial charge is 0.462 e. The Morgan fingerprint density at radius 2 is 1.07 bits per heavy atom. The lowest BCUT2D eigenvalue weighted by Gasteiger charge is -2.20. The molecule has 0 bridgehead atoms. The van der Waals surface area contributed by atoms with Crippen molar-refractivity contribution in [2.75, 3.05) is 26.4 Å². The maximum atomic E-state index is 12.6. The zero-order chi connectivity index (χ0) is 39.5. The number of esters is 2. The molecule has 5 unspecified atom stereocenters. The van der Waals surface area contributed by atoms with Gasteiger partial charge in [0.05, 0.1) is 32.0 Å². The SMILES string of the molecule is CCCCCCCC/C=C\CCCCCCCC(=O)OCC(COP(=O)(O)OCC(O)CO)OC(=O)CCCCCCCCCC1OC1CCCCCC. The number of phosphoric ester groups is 1. The molecule has 1 aliphatic heterocycles. The van der Waals surface area contributed by atoms with Crippen LogP contribution in [0.2, 0.25) is 0 Å². The average molecular weight is 791 g/mol. The summed E-state index contributed by atoms with van der Waals surface area (Å²) < 4.78 is 38.5. The minimum atomic E-state index is -4.62.